The second kappa shape index (κ2) is 13.3. The van der Waals surface area contributed by atoms with Crippen LogP contribution >= 0.6 is 0 Å². The number of hydrazine groups is 2. The standard InChI is InChI=1S/C31H47BN6O7/c1-19(2)16-26(32-44-25-18-21-17-24(30(21,3)4)31(25,5)45-32)35-28(40)22(11-9-15-33-29-36-37(29)38(41)42)34-27(39)14-13-20-10-7-8-12-23(20)43-6/h7-8,10,12-14,19,21-22,24-26,29,33,36H,9,11,15-18H2,1-6H3,(H,34,39)(H,35,40)/b14-13+/t21-,22-,24-,25+,26-,29?,31-,37?/m0/s1. The van der Waals surface area contributed by atoms with Gasteiger partial charge in [0.25, 0.3) is 0 Å². The molecule has 3 aliphatic carbocycles. The van der Waals surface area contributed by atoms with Gasteiger partial charge < -0.3 is 24.7 Å². The van der Waals surface area contributed by atoms with E-state index in [0.29, 0.717) is 43.4 Å². The quantitative estimate of drug-likeness (QED) is 0.0568. The number of carbonyl (C=O) groups is 2. The van der Waals surface area contributed by atoms with Gasteiger partial charge >= 0.3 is 7.12 Å². The average Bonchev–Trinajstić information content (AvgIpc) is 3.68. The largest absolute Gasteiger partial charge is 0.496 e. The van der Waals surface area contributed by atoms with Crippen molar-refractivity contribution < 1.29 is 28.7 Å². The van der Waals surface area contributed by atoms with E-state index in [0.717, 1.165) is 23.5 Å². The molecule has 2 saturated heterocycles. The average molecular weight is 627 g/mol. The summed E-state index contributed by atoms with van der Waals surface area (Å²) in [7, 11) is 0.979. The molecule has 2 aliphatic heterocycles. The summed E-state index contributed by atoms with van der Waals surface area (Å²) < 4.78 is 18.6. The van der Waals surface area contributed by atoms with Crippen LogP contribution < -0.4 is 26.1 Å². The number of hydrogen-bond donors (Lipinski definition) is 4. The Kier molecular flexibility index (Phi) is 9.78. The number of carbonyl (C=O) groups excluding carboxylic acids is 2. The Morgan fingerprint density at radius 2 is 2.00 bits per heavy atom. The number of nitrogens with one attached hydrogen (secondary N) is 4. The molecule has 5 fully saturated rings. The zero-order chi connectivity index (χ0) is 32.5. The van der Waals surface area contributed by atoms with E-state index in [2.05, 4.69) is 56.0 Å². The molecule has 3 saturated carbocycles. The van der Waals surface area contributed by atoms with Crippen LogP contribution in [-0.4, -0.2) is 72.7 Å². The maximum absolute atomic E-state index is 13.8. The van der Waals surface area contributed by atoms with E-state index in [4.69, 9.17) is 14.0 Å². The molecule has 6 rings (SSSR count). The Bertz CT molecular complexity index is 1300. The van der Waals surface area contributed by atoms with Crippen molar-refractivity contribution in [3.63, 3.8) is 0 Å². The summed E-state index contributed by atoms with van der Waals surface area (Å²) in [6, 6.07) is 6.48. The highest BCUT2D eigenvalue weighted by Gasteiger charge is 2.68. The van der Waals surface area contributed by atoms with Crippen molar-refractivity contribution in [1.82, 2.24) is 26.5 Å². The third-order valence-electron chi connectivity index (χ3n) is 10.2. The first-order chi connectivity index (χ1) is 21.3. The maximum Gasteiger partial charge on any atom is 0.481 e. The molecule has 4 N–H and O–H groups in total. The number of hydrogen-bond acceptors (Lipinski definition) is 9. The van der Waals surface area contributed by atoms with E-state index in [1.807, 2.05) is 18.2 Å². The lowest BCUT2D eigenvalue weighted by molar-refractivity contribution is -0.627. The summed E-state index contributed by atoms with van der Waals surface area (Å²) in [6.45, 7) is 11.4. The van der Waals surface area contributed by atoms with Crippen LogP contribution in [0.25, 0.3) is 6.08 Å². The fraction of sp³-hybridized carbons (Fsp3) is 0.677. The number of para-hydroxylation sites is 1. The lowest BCUT2D eigenvalue weighted by Gasteiger charge is -2.64. The molecule has 0 aromatic heterocycles. The van der Waals surface area contributed by atoms with Crippen LogP contribution in [0.3, 0.4) is 0 Å². The van der Waals surface area contributed by atoms with Gasteiger partial charge in [0.15, 0.2) is 5.03 Å². The second-order valence-electron chi connectivity index (χ2n) is 13.9. The highest BCUT2D eigenvalue weighted by Crippen LogP contribution is 2.65. The Labute approximate surface area is 265 Å². The van der Waals surface area contributed by atoms with Crippen molar-refractivity contribution in [2.75, 3.05) is 13.7 Å². The van der Waals surface area contributed by atoms with E-state index < -0.39 is 41.9 Å². The summed E-state index contributed by atoms with van der Waals surface area (Å²) in [6.07, 6.45) is 6.00. The Balaban J connectivity index is 1.25. The summed E-state index contributed by atoms with van der Waals surface area (Å²) >= 11 is 0. The molecule has 0 spiro atoms. The van der Waals surface area contributed by atoms with Gasteiger partial charge in [0, 0.05) is 11.6 Å². The van der Waals surface area contributed by atoms with Crippen LogP contribution in [0.2, 0.25) is 0 Å². The normalized spacial score (nSPS) is 29.1. The lowest BCUT2D eigenvalue weighted by atomic mass is 9.43. The molecule has 1 unspecified atom stereocenters. The summed E-state index contributed by atoms with van der Waals surface area (Å²) in [5, 5.41) is 20.2. The topological polar surface area (TPSA) is 166 Å². The highest BCUT2D eigenvalue weighted by atomic mass is 16.7. The third kappa shape index (κ3) is 7.13. The van der Waals surface area contributed by atoms with Crippen LogP contribution in [0.1, 0.15) is 72.3 Å². The number of nitrogens with zero attached hydrogens (tertiary/aromatic N) is 2. The predicted molar refractivity (Wildman–Crippen MR) is 168 cm³/mol. The Morgan fingerprint density at radius 1 is 1.24 bits per heavy atom. The van der Waals surface area contributed by atoms with E-state index in [-0.39, 0.29) is 23.3 Å². The molecule has 2 bridgehead atoms. The summed E-state index contributed by atoms with van der Waals surface area (Å²) in [4.78, 5) is 37.8. The van der Waals surface area contributed by atoms with Gasteiger partial charge in [-0.05, 0) is 86.0 Å². The van der Waals surface area contributed by atoms with Crippen molar-refractivity contribution >= 4 is 25.0 Å². The monoisotopic (exact) mass is 626 g/mol. The highest BCUT2D eigenvalue weighted by molar-refractivity contribution is 6.48. The molecule has 1 aromatic carbocycles. The Hall–Kier alpha value is -3.20. The molecule has 2 amide bonds. The number of ether oxygens (including phenoxy) is 1. The van der Waals surface area contributed by atoms with Crippen LogP contribution in [-0.2, 0) is 18.9 Å². The van der Waals surface area contributed by atoms with Crippen LogP contribution in [0.15, 0.2) is 30.3 Å². The molecule has 14 heteroatoms. The minimum absolute atomic E-state index is 0.0118. The van der Waals surface area contributed by atoms with E-state index in [1.165, 1.54) is 6.08 Å². The van der Waals surface area contributed by atoms with Gasteiger partial charge in [0.05, 0.1) is 24.8 Å². The maximum atomic E-state index is 13.8. The predicted octanol–water partition coefficient (Wildman–Crippen LogP) is 2.66. The van der Waals surface area contributed by atoms with Crippen LogP contribution in [0.5, 0.6) is 5.75 Å². The number of nitro groups is 1. The fourth-order valence-electron chi connectivity index (χ4n) is 7.47. The minimum atomic E-state index is -0.846. The number of rotatable bonds is 15. The summed E-state index contributed by atoms with van der Waals surface area (Å²) in [5.74, 6) is 0.755. The van der Waals surface area contributed by atoms with E-state index in [1.54, 1.807) is 19.3 Å². The molecule has 246 valence electrons. The van der Waals surface area contributed by atoms with Crippen LogP contribution in [0.4, 0.5) is 0 Å². The van der Waals surface area contributed by atoms with E-state index >= 15 is 0 Å². The molecule has 7 atom stereocenters. The third-order valence-corrected chi connectivity index (χ3v) is 10.2. The van der Waals surface area contributed by atoms with Gasteiger partial charge in [-0.2, -0.15) is 0 Å². The molecular formula is C31H47BN6O7. The van der Waals surface area contributed by atoms with Crippen molar-refractivity contribution in [2.24, 2.45) is 23.2 Å². The van der Waals surface area contributed by atoms with E-state index in [9.17, 15) is 19.7 Å². The SMILES string of the molecule is COc1ccccc1/C=C/C(=O)N[C@@H](CCCNC1NN1[N+](=O)[O-])C(=O)N[C@@H](CC(C)C)B1O[C@@H]2C[C@@H]3C[C@@H](C3(C)C)[C@]2(C)O1. The fourth-order valence-corrected chi connectivity index (χ4v) is 7.47. The van der Waals surface area contributed by atoms with Gasteiger partial charge in [0.2, 0.25) is 18.1 Å². The lowest BCUT2D eigenvalue weighted by Crippen LogP contribution is -2.65. The zero-order valence-corrected chi connectivity index (χ0v) is 27.1. The van der Waals surface area contributed by atoms with Gasteiger partial charge in [-0.1, -0.05) is 45.9 Å². The molecule has 5 aliphatic rings. The molecule has 2 heterocycles. The molecule has 1 aromatic rings. The molecule has 45 heavy (non-hydrogen) atoms. The number of benzene rings is 1. The van der Waals surface area contributed by atoms with Crippen molar-refractivity contribution in [3.05, 3.63) is 46.0 Å². The smallest absolute Gasteiger partial charge is 0.481 e. The molecule has 13 nitrogen and oxygen atoms in total. The Morgan fingerprint density at radius 3 is 2.67 bits per heavy atom. The second-order valence-corrected chi connectivity index (χ2v) is 13.9. The van der Waals surface area contributed by atoms with Crippen LogP contribution in [0, 0.1) is 33.3 Å². The minimum Gasteiger partial charge on any atom is -0.496 e. The summed E-state index contributed by atoms with van der Waals surface area (Å²) in [5.41, 5.74) is 3.12. The van der Waals surface area contributed by atoms with Gasteiger partial charge in [-0.15, -0.1) is 5.43 Å². The van der Waals surface area contributed by atoms with Crippen molar-refractivity contribution in [1.29, 1.82) is 0 Å². The van der Waals surface area contributed by atoms with Gasteiger partial charge in [0.1, 0.15) is 11.8 Å². The van der Waals surface area contributed by atoms with Crippen molar-refractivity contribution in [3.8, 4) is 5.75 Å². The molecular weight excluding hydrogens is 579 g/mol. The first-order valence-electron chi connectivity index (χ1n) is 16.0. The first-order valence-corrected chi connectivity index (χ1v) is 16.0. The van der Waals surface area contributed by atoms with Gasteiger partial charge in [-0.25, -0.2) is 10.1 Å². The van der Waals surface area contributed by atoms with Crippen molar-refractivity contribution in [2.45, 2.75) is 96.7 Å². The number of amides is 2. The van der Waals surface area contributed by atoms with Gasteiger partial charge in [-0.3, -0.25) is 14.9 Å². The number of methoxy groups -OCH3 is 1. The zero-order valence-electron chi connectivity index (χ0n) is 27.1. The first kappa shape index (κ1) is 33.2. The molecule has 0 radical (unpaired) electrons.